The molecule has 0 bridgehead atoms. The van der Waals surface area contributed by atoms with Crippen LogP contribution in [0.4, 0.5) is 16.2 Å². The first-order valence-electron chi connectivity index (χ1n) is 13.9. The van der Waals surface area contributed by atoms with Gasteiger partial charge in [0, 0.05) is 30.6 Å². The number of carbonyl (C=O) groups excluding carboxylic acids is 2. The molecular formula is C31H37N5O5. The van der Waals surface area contributed by atoms with E-state index in [2.05, 4.69) is 32.7 Å². The van der Waals surface area contributed by atoms with Gasteiger partial charge in [-0.2, -0.15) is 0 Å². The molecular weight excluding hydrogens is 522 g/mol. The summed E-state index contributed by atoms with van der Waals surface area (Å²) in [5.74, 6) is -0.507. The van der Waals surface area contributed by atoms with Crippen LogP contribution < -0.4 is 15.5 Å². The Hall–Kier alpha value is -4.02. The first kappa shape index (κ1) is 28.5. The number of benzene rings is 1. The van der Waals surface area contributed by atoms with E-state index in [0.717, 1.165) is 28.6 Å². The highest BCUT2D eigenvalue weighted by Crippen LogP contribution is 2.30. The number of piperidine rings is 1. The average Bonchev–Trinajstić information content (AvgIpc) is 2.94. The van der Waals surface area contributed by atoms with Crippen molar-refractivity contribution in [3.05, 3.63) is 66.1 Å². The Morgan fingerprint density at radius 2 is 1.95 bits per heavy atom. The number of anilines is 2. The molecule has 4 heterocycles. The number of aromatic nitrogens is 2. The molecule has 3 N–H and O–H groups in total. The summed E-state index contributed by atoms with van der Waals surface area (Å²) in [6.07, 6.45) is 4.84. The Balaban J connectivity index is 1.34. The fourth-order valence-corrected chi connectivity index (χ4v) is 5.24. The van der Waals surface area contributed by atoms with E-state index in [4.69, 9.17) is 9.47 Å². The largest absolute Gasteiger partial charge is 0.444 e. The van der Waals surface area contributed by atoms with Crippen LogP contribution in [0.3, 0.4) is 0 Å². The summed E-state index contributed by atoms with van der Waals surface area (Å²) in [4.78, 5) is 36.7. The van der Waals surface area contributed by atoms with Crippen molar-refractivity contribution in [1.29, 1.82) is 0 Å². The number of nitrogens with zero attached hydrogens (tertiary/aromatic N) is 3. The van der Waals surface area contributed by atoms with Crippen LogP contribution in [0, 0.1) is 5.92 Å². The van der Waals surface area contributed by atoms with Gasteiger partial charge in [0.1, 0.15) is 11.3 Å². The molecule has 3 aromatic rings. The number of rotatable bonds is 5. The van der Waals surface area contributed by atoms with Gasteiger partial charge in [0.15, 0.2) is 0 Å². The standard InChI is InChI=1S/C31H37N5O5/c1-19-17-36(18-26(28(19)37)35-30(39)41-31(2,3)4)27-9-12-32-16-25(27)34-29(38)23-8-7-21-5-6-22(15-24(21)33-23)20-10-13-40-14-11-20/h5-10,12,15-16,19,26,28,37H,11,13-14,17-18H2,1-4H3,(H,34,38)(H,35,39)/t19-,26+,28+/m0/s1. The van der Waals surface area contributed by atoms with Crippen LogP contribution in [0.25, 0.3) is 16.5 Å². The third-order valence-corrected chi connectivity index (χ3v) is 7.27. The zero-order valence-corrected chi connectivity index (χ0v) is 23.9. The minimum atomic E-state index is -0.748. The van der Waals surface area contributed by atoms with Gasteiger partial charge in [0.2, 0.25) is 0 Å². The second kappa shape index (κ2) is 11.8. The fourth-order valence-electron chi connectivity index (χ4n) is 5.24. The van der Waals surface area contributed by atoms with E-state index < -0.39 is 23.8 Å². The fraction of sp³-hybridized carbons (Fsp3) is 0.419. The molecule has 216 valence electrons. The van der Waals surface area contributed by atoms with E-state index >= 15 is 0 Å². The zero-order valence-electron chi connectivity index (χ0n) is 23.9. The second-order valence-corrected chi connectivity index (χ2v) is 11.6. The Bertz CT molecular complexity index is 1470. The third kappa shape index (κ3) is 6.83. The van der Waals surface area contributed by atoms with Crippen molar-refractivity contribution in [2.24, 2.45) is 5.92 Å². The number of pyridine rings is 2. The maximum atomic E-state index is 13.4. The topological polar surface area (TPSA) is 126 Å². The van der Waals surface area contributed by atoms with E-state index in [1.54, 1.807) is 39.2 Å². The van der Waals surface area contributed by atoms with E-state index in [9.17, 15) is 14.7 Å². The molecule has 10 heteroatoms. The zero-order chi connectivity index (χ0) is 29.1. The number of nitrogens with one attached hydrogen (secondary N) is 2. The molecule has 1 fully saturated rings. The highest BCUT2D eigenvalue weighted by atomic mass is 16.6. The molecule has 2 aliphatic rings. The van der Waals surface area contributed by atoms with Crippen LogP contribution >= 0.6 is 0 Å². The summed E-state index contributed by atoms with van der Waals surface area (Å²) in [6, 6.07) is 11.0. The Morgan fingerprint density at radius 1 is 1.15 bits per heavy atom. The van der Waals surface area contributed by atoms with Gasteiger partial charge in [-0.15, -0.1) is 0 Å². The lowest BCUT2D eigenvalue weighted by molar-refractivity contribution is 0.0303. The SMILES string of the molecule is C[C@H]1CN(c2ccncc2NC(=O)c2ccc3ccc(C4=CCOCC4)cc3n2)C[C@@H](NC(=O)OC(C)(C)C)[C@@H]1O. The van der Waals surface area contributed by atoms with E-state index in [1.807, 2.05) is 36.1 Å². The van der Waals surface area contributed by atoms with Crippen LogP contribution in [0.5, 0.6) is 0 Å². The molecule has 0 aliphatic carbocycles. The number of hydrogen-bond donors (Lipinski definition) is 3. The molecule has 2 aromatic heterocycles. The maximum Gasteiger partial charge on any atom is 0.408 e. The second-order valence-electron chi connectivity index (χ2n) is 11.6. The van der Waals surface area contributed by atoms with Crippen molar-refractivity contribution in [2.75, 3.05) is 36.5 Å². The van der Waals surface area contributed by atoms with Crippen molar-refractivity contribution in [3.63, 3.8) is 0 Å². The van der Waals surface area contributed by atoms with Gasteiger partial charge in [-0.25, -0.2) is 9.78 Å². The van der Waals surface area contributed by atoms with E-state index in [1.165, 1.54) is 5.57 Å². The minimum Gasteiger partial charge on any atom is -0.444 e. The van der Waals surface area contributed by atoms with Crippen LogP contribution in [-0.4, -0.2) is 71.1 Å². The van der Waals surface area contributed by atoms with Crippen molar-refractivity contribution >= 4 is 39.9 Å². The van der Waals surface area contributed by atoms with Gasteiger partial charge in [0.25, 0.3) is 5.91 Å². The molecule has 2 aliphatic heterocycles. The Morgan fingerprint density at radius 3 is 2.71 bits per heavy atom. The number of hydrogen-bond acceptors (Lipinski definition) is 8. The van der Waals surface area contributed by atoms with Gasteiger partial charge in [-0.05, 0) is 56.5 Å². The van der Waals surface area contributed by atoms with Gasteiger partial charge in [0.05, 0.1) is 48.4 Å². The van der Waals surface area contributed by atoms with Gasteiger partial charge < -0.3 is 30.1 Å². The van der Waals surface area contributed by atoms with Gasteiger partial charge >= 0.3 is 6.09 Å². The van der Waals surface area contributed by atoms with Crippen molar-refractivity contribution in [1.82, 2.24) is 15.3 Å². The van der Waals surface area contributed by atoms with Crippen molar-refractivity contribution in [3.8, 4) is 0 Å². The number of aliphatic hydroxyl groups is 1. The number of aliphatic hydroxyl groups excluding tert-OH is 1. The van der Waals surface area contributed by atoms with E-state index in [-0.39, 0.29) is 17.5 Å². The normalized spacial score (nSPS) is 21.2. The molecule has 0 radical (unpaired) electrons. The van der Waals surface area contributed by atoms with Crippen LogP contribution in [0.1, 0.15) is 50.2 Å². The van der Waals surface area contributed by atoms with Gasteiger partial charge in [-0.3, -0.25) is 9.78 Å². The first-order valence-corrected chi connectivity index (χ1v) is 13.9. The Kier molecular flexibility index (Phi) is 8.23. The summed E-state index contributed by atoms with van der Waals surface area (Å²) in [7, 11) is 0. The summed E-state index contributed by atoms with van der Waals surface area (Å²) in [5.41, 5.74) is 3.92. The molecule has 0 unspecified atom stereocenters. The van der Waals surface area contributed by atoms with Crippen LogP contribution in [-0.2, 0) is 9.47 Å². The van der Waals surface area contributed by atoms with Crippen LogP contribution in [0.2, 0.25) is 0 Å². The van der Waals surface area contributed by atoms with E-state index in [0.29, 0.717) is 32.0 Å². The quantitative estimate of drug-likeness (QED) is 0.420. The highest BCUT2D eigenvalue weighted by Gasteiger charge is 2.36. The molecule has 0 spiro atoms. The van der Waals surface area contributed by atoms with Crippen molar-refractivity contribution in [2.45, 2.75) is 51.9 Å². The lowest BCUT2D eigenvalue weighted by atomic mass is 9.92. The summed E-state index contributed by atoms with van der Waals surface area (Å²) >= 11 is 0. The number of alkyl carbamates (subject to hydrolysis) is 1. The molecule has 0 saturated carbocycles. The lowest BCUT2D eigenvalue weighted by Crippen LogP contribution is -2.59. The van der Waals surface area contributed by atoms with Crippen LogP contribution in [0.15, 0.2) is 54.9 Å². The molecule has 10 nitrogen and oxygen atoms in total. The summed E-state index contributed by atoms with van der Waals surface area (Å²) in [6.45, 7) is 9.44. The lowest BCUT2D eigenvalue weighted by Gasteiger charge is -2.42. The first-order chi connectivity index (χ1) is 19.6. The number of ether oxygens (including phenoxy) is 2. The molecule has 2 amide bonds. The molecule has 1 aromatic carbocycles. The third-order valence-electron chi connectivity index (χ3n) is 7.27. The molecule has 1 saturated heterocycles. The Labute approximate surface area is 239 Å². The van der Waals surface area contributed by atoms with Gasteiger partial charge in [-0.1, -0.05) is 31.2 Å². The van der Waals surface area contributed by atoms with Crippen molar-refractivity contribution < 1.29 is 24.2 Å². The smallest absolute Gasteiger partial charge is 0.408 e. The number of fused-ring (bicyclic) bond motifs is 1. The minimum absolute atomic E-state index is 0.150. The molecule has 3 atom stereocenters. The predicted molar refractivity (Wildman–Crippen MR) is 158 cm³/mol. The number of carbonyl (C=O) groups is 2. The highest BCUT2D eigenvalue weighted by molar-refractivity contribution is 6.05. The average molecular weight is 560 g/mol. The molecule has 5 rings (SSSR count). The monoisotopic (exact) mass is 559 g/mol. The number of amides is 2. The summed E-state index contributed by atoms with van der Waals surface area (Å²) < 4.78 is 10.8. The maximum absolute atomic E-state index is 13.4. The summed E-state index contributed by atoms with van der Waals surface area (Å²) in [5, 5.41) is 17.5. The predicted octanol–water partition coefficient (Wildman–Crippen LogP) is 4.40. The molecule has 41 heavy (non-hydrogen) atoms.